The molecular weight excluding hydrogens is 384 g/mol. The summed E-state index contributed by atoms with van der Waals surface area (Å²) in [5.41, 5.74) is 3.75. The van der Waals surface area contributed by atoms with Crippen LogP contribution in [0.4, 0.5) is 0 Å². The Labute approximate surface area is 189 Å². The van der Waals surface area contributed by atoms with E-state index in [2.05, 4.69) is 26.8 Å². The lowest BCUT2D eigenvalue weighted by atomic mass is 9.47. The second-order valence-corrected chi connectivity index (χ2v) is 11.8. The SMILES string of the molecule is C/C(=C\C=O)[C@H]1CC[C@H]2[C@@H]3CC=C4C[C@@H](OC5CCCCO5)CC[C@]4(C)[C@H]3CC[C@]12C. The van der Waals surface area contributed by atoms with Gasteiger partial charge in [-0.25, -0.2) is 0 Å². The summed E-state index contributed by atoms with van der Waals surface area (Å²) < 4.78 is 12.3. The number of allylic oxidation sites excluding steroid dienone is 3. The summed E-state index contributed by atoms with van der Waals surface area (Å²) in [6, 6.07) is 0. The molecule has 1 heterocycles. The molecule has 3 nitrogen and oxygen atoms in total. The molecule has 0 radical (unpaired) electrons. The Morgan fingerprint density at radius 2 is 1.97 bits per heavy atom. The van der Waals surface area contributed by atoms with Crippen molar-refractivity contribution in [2.24, 2.45) is 34.5 Å². The molecule has 3 heteroatoms. The molecule has 4 aliphatic carbocycles. The Hall–Kier alpha value is -0.930. The summed E-state index contributed by atoms with van der Waals surface area (Å²) in [5, 5.41) is 0. The second-order valence-electron chi connectivity index (χ2n) is 11.8. The first-order valence-corrected chi connectivity index (χ1v) is 13.0. The Morgan fingerprint density at radius 3 is 2.74 bits per heavy atom. The van der Waals surface area contributed by atoms with Gasteiger partial charge in [-0.3, -0.25) is 4.79 Å². The number of ether oxygens (including phenoxy) is 2. The van der Waals surface area contributed by atoms with E-state index in [1.807, 2.05) is 6.08 Å². The Morgan fingerprint density at radius 1 is 1.10 bits per heavy atom. The van der Waals surface area contributed by atoms with Crippen molar-refractivity contribution in [1.82, 2.24) is 0 Å². The molecule has 3 saturated carbocycles. The molecule has 5 rings (SSSR count). The fourth-order valence-electron chi connectivity index (χ4n) is 8.75. The maximum Gasteiger partial charge on any atom is 0.157 e. The number of hydrogen-bond donors (Lipinski definition) is 0. The lowest BCUT2D eigenvalue weighted by Gasteiger charge is -2.58. The van der Waals surface area contributed by atoms with Crippen LogP contribution in [0.1, 0.15) is 91.4 Å². The number of carbonyl (C=O) groups is 1. The van der Waals surface area contributed by atoms with Crippen LogP contribution in [0.3, 0.4) is 0 Å². The molecule has 172 valence electrons. The minimum Gasteiger partial charge on any atom is -0.353 e. The molecule has 31 heavy (non-hydrogen) atoms. The molecule has 1 saturated heterocycles. The van der Waals surface area contributed by atoms with E-state index in [4.69, 9.17) is 9.47 Å². The number of rotatable bonds is 4. The fraction of sp³-hybridized carbons (Fsp3) is 0.821. The largest absolute Gasteiger partial charge is 0.353 e. The first-order chi connectivity index (χ1) is 15.0. The van der Waals surface area contributed by atoms with Crippen molar-refractivity contribution >= 4 is 6.29 Å². The van der Waals surface area contributed by atoms with Gasteiger partial charge in [0.1, 0.15) is 6.29 Å². The van der Waals surface area contributed by atoms with Gasteiger partial charge < -0.3 is 9.47 Å². The van der Waals surface area contributed by atoms with Crippen LogP contribution < -0.4 is 0 Å². The molecule has 0 aromatic heterocycles. The topological polar surface area (TPSA) is 35.5 Å². The predicted octanol–water partition coefficient (Wildman–Crippen LogP) is 6.62. The quantitative estimate of drug-likeness (QED) is 0.288. The first kappa shape index (κ1) is 21.9. The molecule has 0 aromatic rings. The second kappa shape index (κ2) is 8.45. The van der Waals surface area contributed by atoms with Crippen LogP contribution in [-0.2, 0) is 14.3 Å². The number of fused-ring (bicyclic) bond motifs is 5. The molecule has 0 amide bonds. The predicted molar refractivity (Wildman–Crippen MR) is 123 cm³/mol. The van der Waals surface area contributed by atoms with Crippen molar-refractivity contribution in [2.75, 3.05) is 6.61 Å². The van der Waals surface area contributed by atoms with Crippen molar-refractivity contribution in [3.8, 4) is 0 Å². The van der Waals surface area contributed by atoms with Crippen molar-refractivity contribution < 1.29 is 14.3 Å². The zero-order chi connectivity index (χ0) is 21.6. The molecule has 0 N–H and O–H groups in total. The Balaban J connectivity index is 1.32. The van der Waals surface area contributed by atoms with Crippen molar-refractivity contribution in [3.63, 3.8) is 0 Å². The van der Waals surface area contributed by atoms with E-state index in [1.165, 1.54) is 63.4 Å². The van der Waals surface area contributed by atoms with E-state index in [-0.39, 0.29) is 6.29 Å². The Kier molecular flexibility index (Phi) is 5.97. The van der Waals surface area contributed by atoms with Gasteiger partial charge in [-0.2, -0.15) is 0 Å². The molecular formula is C28H42O3. The van der Waals surface area contributed by atoms with E-state index >= 15 is 0 Å². The molecule has 0 spiro atoms. The molecule has 1 unspecified atom stereocenters. The minimum absolute atomic E-state index is 0.0357. The van der Waals surface area contributed by atoms with Crippen molar-refractivity contribution in [1.29, 1.82) is 0 Å². The highest BCUT2D eigenvalue weighted by Gasteiger charge is 2.58. The number of carbonyl (C=O) groups excluding carboxylic acids is 1. The molecule has 0 bridgehead atoms. The van der Waals surface area contributed by atoms with Gasteiger partial charge in [-0.05, 0) is 118 Å². The molecule has 0 aromatic carbocycles. The third-order valence-corrected chi connectivity index (χ3v) is 10.4. The number of hydrogen-bond acceptors (Lipinski definition) is 3. The molecule has 4 fully saturated rings. The van der Waals surface area contributed by atoms with Gasteiger partial charge >= 0.3 is 0 Å². The van der Waals surface area contributed by atoms with Crippen molar-refractivity contribution in [2.45, 2.75) is 104 Å². The van der Waals surface area contributed by atoms with Gasteiger partial charge in [0.2, 0.25) is 0 Å². The smallest absolute Gasteiger partial charge is 0.157 e. The third-order valence-electron chi connectivity index (χ3n) is 10.4. The summed E-state index contributed by atoms with van der Waals surface area (Å²) in [6.45, 7) is 8.18. The van der Waals surface area contributed by atoms with Gasteiger partial charge in [0.25, 0.3) is 0 Å². The fourth-order valence-corrected chi connectivity index (χ4v) is 8.75. The highest BCUT2D eigenvalue weighted by molar-refractivity contribution is 5.66. The summed E-state index contributed by atoms with van der Waals surface area (Å²) in [6.07, 6.45) is 19.5. The van der Waals surface area contributed by atoms with Crippen LogP contribution in [0.2, 0.25) is 0 Å². The third kappa shape index (κ3) is 3.68. The van der Waals surface area contributed by atoms with Crippen LogP contribution in [0, 0.1) is 34.5 Å². The van der Waals surface area contributed by atoms with E-state index in [0.29, 0.717) is 22.9 Å². The van der Waals surface area contributed by atoms with Crippen molar-refractivity contribution in [3.05, 3.63) is 23.3 Å². The molecule has 5 aliphatic rings. The van der Waals surface area contributed by atoms with Gasteiger partial charge in [0.05, 0.1) is 6.10 Å². The highest BCUT2D eigenvalue weighted by Crippen LogP contribution is 2.67. The number of aldehydes is 1. The first-order valence-electron chi connectivity index (χ1n) is 13.0. The summed E-state index contributed by atoms with van der Waals surface area (Å²) in [5.74, 6) is 3.05. The molecule has 8 atom stereocenters. The maximum atomic E-state index is 11.1. The zero-order valence-electron chi connectivity index (χ0n) is 19.9. The van der Waals surface area contributed by atoms with E-state index in [0.717, 1.165) is 43.5 Å². The average Bonchev–Trinajstić information content (AvgIpc) is 3.12. The average molecular weight is 427 g/mol. The van der Waals surface area contributed by atoms with Gasteiger partial charge in [-0.1, -0.05) is 31.1 Å². The Bertz CT molecular complexity index is 747. The van der Waals surface area contributed by atoms with Crippen LogP contribution in [0.5, 0.6) is 0 Å². The maximum absolute atomic E-state index is 11.1. The summed E-state index contributed by atoms with van der Waals surface area (Å²) in [7, 11) is 0. The van der Waals surface area contributed by atoms with E-state index in [1.54, 1.807) is 5.57 Å². The summed E-state index contributed by atoms with van der Waals surface area (Å²) in [4.78, 5) is 11.1. The van der Waals surface area contributed by atoms with Gasteiger partial charge in [0, 0.05) is 6.61 Å². The lowest BCUT2D eigenvalue weighted by molar-refractivity contribution is -0.195. The van der Waals surface area contributed by atoms with Crippen LogP contribution in [0.15, 0.2) is 23.3 Å². The summed E-state index contributed by atoms with van der Waals surface area (Å²) >= 11 is 0. The van der Waals surface area contributed by atoms with Gasteiger partial charge in [-0.15, -0.1) is 0 Å². The monoisotopic (exact) mass is 426 g/mol. The van der Waals surface area contributed by atoms with E-state index in [9.17, 15) is 4.79 Å². The zero-order valence-corrected chi connectivity index (χ0v) is 19.9. The van der Waals surface area contributed by atoms with Crippen LogP contribution in [-0.4, -0.2) is 25.3 Å². The van der Waals surface area contributed by atoms with Crippen LogP contribution >= 0.6 is 0 Å². The van der Waals surface area contributed by atoms with Crippen LogP contribution in [0.25, 0.3) is 0 Å². The normalized spacial score (nSPS) is 47.7. The minimum atomic E-state index is 0.0357. The van der Waals surface area contributed by atoms with Gasteiger partial charge in [0.15, 0.2) is 6.29 Å². The molecule has 1 aliphatic heterocycles. The van der Waals surface area contributed by atoms with E-state index < -0.39 is 0 Å². The lowest BCUT2D eigenvalue weighted by Crippen LogP contribution is -2.50. The standard InChI is InChI=1S/C28H42O3/c1-19(13-16-29)23-9-10-24-22-8-7-20-18-21(31-26-6-4-5-17-30-26)11-14-27(20,2)25(22)12-15-28(23,24)3/h7,13,16,21-26H,4-6,8-12,14-15,17-18H2,1-3H3/b19-13+/t21-,22-,23+,24-,25-,26?,27-,28+/m0/s1. The highest BCUT2D eigenvalue weighted by atomic mass is 16.7.